The zero-order valence-corrected chi connectivity index (χ0v) is 16.8. The molecule has 9 heteroatoms. The molecule has 3 rings (SSSR count). The van der Waals surface area contributed by atoms with Crippen LogP contribution in [0, 0.1) is 0 Å². The zero-order chi connectivity index (χ0) is 20.6. The van der Waals surface area contributed by atoms with Gasteiger partial charge in [0.1, 0.15) is 5.75 Å². The summed E-state index contributed by atoms with van der Waals surface area (Å²) in [6.45, 7) is 2.94. The van der Waals surface area contributed by atoms with Crippen LogP contribution >= 0.6 is 11.6 Å². The van der Waals surface area contributed by atoms with Crippen molar-refractivity contribution in [1.82, 2.24) is 4.90 Å². The summed E-state index contributed by atoms with van der Waals surface area (Å²) in [5.74, 6) is 0.334. The quantitative estimate of drug-likeness (QED) is 0.669. The van der Waals surface area contributed by atoms with E-state index in [4.69, 9.17) is 21.1 Å². The number of halogens is 1. The highest BCUT2D eigenvalue weighted by atomic mass is 35.5. The molecule has 8 nitrogen and oxygen atoms in total. The molecule has 29 heavy (non-hydrogen) atoms. The molecule has 0 aliphatic carbocycles. The minimum absolute atomic E-state index is 0.164. The van der Waals surface area contributed by atoms with E-state index >= 15 is 0 Å². The number of hydrogen-bond donors (Lipinski definition) is 3. The van der Waals surface area contributed by atoms with Crippen molar-refractivity contribution in [3.05, 3.63) is 47.5 Å². The summed E-state index contributed by atoms with van der Waals surface area (Å²) in [7, 11) is 1.52. The molecule has 0 bridgehead atoms. The van der Waals surface area contributed by atoms with Gasteiger partial charge < -0.3 is 25.4 Å². The first-order valence-electron chi connectivity index (χ1n) is 9.15. The Labute approximate surface area is 174 Å². The summed E-state index contributed by atoms with van der Waals surface area (Å²) < 4.78 is 10.6. The lowest BCUT2D eigenvalue weighted by atomic mass is 10.2. The van der Waals surface area contributed by atoms with Crippen molar-refractivity contribution in [2.75, 3.05) is 55.9 Å². The number of urea groups is 1. The van der Waals surface area contributed by atoms with Gasteiger partial charge in [0.25, 0.3) is 0 Å². The van der Waals surface area contributed by atoms with Crippen LogP contribution in [0.2, 0.25) is 5.02 Å². The van der Waals surface area contributed by atoms with Crippen molar-refractivity contribution in [3.63, 3.8) is 0 Å². The molecule has 1 saturated heterocycles. The fourth-order valence-corrected chi connectivity index (χ4v) is 3.07. The van der Waals surface area contributed by atoms with Crippen LogP contribution in [0.3, 0.4) is 0 Å². The van der Waals surface area contributed by atoms with Crippen molar-refractivity contribution in [2.45, 2.75) is 0 Å². The van der Waals surface area contributed by atoms with Gasteiger partial charge >= 0.3 is 6.03 Å². The maximum Gasteiger partial charge on any atom is 0.323 e. The van der Waals surface area contributed by atoms with E-state index in [1.54, 1.807) is 42.5 Å². The van der Waals surface area contributed by atoms with Gasteiger partial charge in [0.15, 0.2) is 0 Å². The summed E-state index contributed by atoms with van der Waals surface area (Å²) in [6, 6.07) is 11.5. The monoisotopic (exact) mass is 418 g/mol. The Bertz CT molecular complexity index is 871. The molecule has 0 spiro atoms. The van der Waals surface area contributed by atoms with Gasteiger partial charge in [0, 0.05) is 18.8 Å². The van der Waals surface area contributed by atoms with Crippen LogP contribution in [0.25, 0.3) is 0 Å². The van der Waals surface area contributed by atoms with Crippen LogP contribution < -0.4 is 20.7 Å². The average Bonchev–Trinajstić information content (AvgIpc) is 2.70. The second-order valence-corrected chi connectivity index (χ2v) is 6.82. The third-order valence-corrected chi connectivity index (χ3v) is 4.65. The lowest BCUT2D eigenvalue weighted by Gasteiger charge is -2.26. The van der Waals surface area contributed by atoms with Crippen LogP contribution in [0.5, 0.6) is 5.75 Å². The summed E-state index contributed by atoms with van der Waals surface area (Å²) in [5.41, 5.74) is 1.47. The summed E-state index contributed by atoms with van der Waals surface area (Å²) in [6.07, 6.45) is 0. The number of hydrogen-bond acceptors (Lipinski definition) is 5. The number of para-hydroxylation sites is 1. The van der Waals surface area contributed by atoms with Gasteiger partial charge in [-0.05, 0) is 30.3 Å². The molecular weight excluding hydrogens is 396 g/mol. The minimum atomic E-state index is -0.450. The number of carbonyl (C=O) groups is 2. The fourth-order valence-electron chi connectivity index (χ4n) is 2.88. The number of benzene rings is 2. The van der Waals surface area contributed by atoms with E-state index in [0.717, 1.165) is 0 Å². The minimum Gasteiger partial charge on any atom is -0.495 e. The van der Waals surface area contributed by atoms with Crippen molar-refractivity contribution in [1.29, 1.82) is 0 Å². The molecule has 0 saturated carbocycles. The molecule has 154 valence electrons. The Balaban J connectivity index is 1.63. The average molecular weight is 419 g/mol. The molecule has 1 aliphatic heterocycles. The number of rotatable bonds is 6. The first-order valence-corrected chi connectivity index (χ1v) is 9.53. The third-order valence-electron chi connectivity index (χ3n) is 4.32. The SMILES string of the molecule is COc1ccc(NC(=O)Nc2ccccc2Cl)cc1NC(=O)CN1CCOCC1. The number of amides is 3. The standard InChI is InChI=1S/C20H23ClN4O4/c1-28-18-7-6-14(22-20(27)24-16-5-3-2-4-15(16)21)12-17(18)23-19(26)13-25-8-10-29-11-9-25/h2-7,12H,8-11,13H2,1H3,(H,23,26)(H2,22,24,27). The van der Waals surface area contributed by atoms with Crippen LogP contribution in [-0.4, -0.2) is 56.8 Å². The van der Waals surface area contributed by atoms with E-state index < -0.39 is 6.03 Å². The largest absolute Gasteiger partial charge is 0.495 e. The number of anilines is 3. The van der Waals surface area contributed by atoms with Crippen molar-refractivity contribution >= 4 is 40.6 Å². The lowest BCUT2D eigenvalue weighted by molar-refractivity contribution is -0.118. The topological polar surface area (TPSA) is 91.9 Å². The predicted molar refractivity (Wildman–Crippen MR) is 113 cm³/mol. The molecule has 0 aromatic heterocycles. The Hall–Kier alpha value is -2.81. The van der Waals surface area contributed by atoms with E-state index in [1.807, 2.05) is 4.90 Å². The Morgan fingerprint density at radius 2 is 1.83 bits per heavy atom. The molecule has 1 aliphatic rings. The number of methoxy groups -OCH3 is 1. The molecule has 0 radical (unpaired) electrons. The number of nitrogens with zero attached hydrogens (tertiary/aromatic N) is 1. The smallest absolute Gasteiger partial charge is 0.323 e. The fraction of sp³-hybridized carbons (Fsp3) is 0.300. The van der Waals surface area contributed by atoms with Crippen LogP contribution in [0.15, 0.2) is 42.5 Å². The first kappa shape index (κ1) is 20.9. The highest BCUT2D eigenvalue weighted by Gasteiger charge is 2.16. The summed E-state index contributed by atoms with van der Waals surface area (Å²) >= 11 is 6.06. The third kappa shape index (κ3) is 6.08. The Morgan fingerprint density at radius 1 is 1.07 bits per heavy atom. The molecule has 2 aromatic rings. The van der Waals surface area contributed by atoms with Gasteiger partial charge in [-0.15, -0.1) is 0 Å². The number of nitrogens with one attached hydrogen (secondary N) is 3. The normalized spacial score (nSPS) is 14.1. The maximum atomic E-state index is 12.4. The Morgan fingerprint density at radius 3 is 2.55 bits per heavy atom. The highest BCUT2D eigenvalue weighted by molar-refractivity contribution is 6.33. The van der Waals surface area contributed by atoms with Crippen LogP contribution in [-0.2, 0) is 9.53 Å². The molecule has 1 heterocycles. The van der Waals surface area contributed by atoms with E-state index in [-0.39, 0.29) is 12.5 Å². The van der Waals surface area contributed by atoms with Gasteiger partial charge in [-0.25, -0.2) is 4.79 Å². The van der Waals surface area contributed by atoms with E-state index in [0.29, 0.717) is 54.1 Å². The molecular formula is C20H23ClN4O4. The molecule has 3 amide bonds. The number of carbonyl (C=O) groups excluding carboxylic acids is 2. The molecule has 0 unspecified atom stereocenters. The molecule has 3 N–H and O–H groups in total. The second-order valence-electron chi connectivity index (χ2n) is 6.41. The van der Waals surface area contributed by atoms with Gasteiger partial charge in [0.2, 0.25) is 5.91 Å². The lowest BCUT2D eigenvalue weighted by Crippen LogP contribution is -2.41. The van der Waals surface area contributed by atoms with Gasteiger partial charge in [-0.3, -0.25) is 9.69 Å². The van der Waals surface area contributed by atoms with Gasteiger partial charge in [0.05, 0.1) is 43.3 Å². The predicted octanol–water partition coefficient (Wildman–Crippen LogP) is 3.26. The first-order chi connectivity index (χ1) is 14.0. The van der Waals surface area contributed by atoms with Crippen molar-refractivity contribution in [2.24, 2.45) is 0 Å². The van der Waals surface area contributed by atoms with Gasteiger partial charge in [-0.1, -0.05) is 23.7 Å². The second kappa shape index (κ2) is 10.1. The number of morpholine rings is 1. The van der Waals surface area contributed by atoms with Crippen LogP contribution in [0.1, 0.15) is 0 Å². The van der Waals surface area contributed by atoms with E-state index in [9.17, 15) is 9.59 Å². The van der Waals surface area contributed by atoms with Crippen LogP contribution in [0.4, 0.5) is 21.9 Å². The van der Waals surface area contributed by atoms with Crippen molar-refractivity contribution < 1.29 is 19.1 Å². The van der Waals surface area contributed by atoms with E-state index in [2.05, 4.69) is 16.0 Å². The maximum absolute atomic E-state index is 12.4. The Kier molecular flexibility index (Phi) is 7.29. The van der Waals surface area contributed by atoms with Gasteiger partial charge in [-0.2, -0.15) is 0 Å². The molecule has 0 atom stereocenters. The summed E-state index contributed by atoms with van der Waals surface area (Å²) in [4.78, 5) is 26.7. The molecule has 1 fully saturated rings. The van der Waals surface area contributed by atoms with Crippen molar-refractivity contribution in [3.8, 4) is 5.75 Å². The van der Waals surface area contributed by atoms with E-state index in [1.165, 1.54) is 7.11 Å². The number of ether oxygens (including phenoxy) is 2. The zero-order valence-electron chi connectivity index (χ0n) is 16.0. The molecule has 2 aromatic carbocycles. The summed E-state index contributed by atoms with van der Waals surface area (Å²) in [5, 5.41) is 8.68. The highest BCUT2D eigenvalue weighted by Crippen LogP contribution is 2.28.